The molecule has 1 N–H and O–H groups in total. The van der Waals surface area contributed by atoms with E-state index in [1.807, 2.05) is 0 Å². The third kappa shape index (κ3) is 2.05. The van der Waals surface area contributed by atoms with Crippen LogP contribution in [0.15, 0.2) is 18.2 Å². The molecule has 0 aliphatic carbocycles. The van der Waals surface area contributed by atoms with Crippen molar-refractivity contribution in [1.29, 1.82) is 0 Å². The number of hydrogen-bond donors (Lipinski definition) is 1. The van der Waals surface area contributed by atoms with Gasteiger partial charge < -0.3 is 10.2 Å². The zero-order chi connectivity index (χ0) is 12.8. The van der Waals surface area contributed by atoms with E-state index in [2.05, 4.69) is 40.4 Å². The third-order valence-electron chi connectivity index (χ3n) is 5.14. The number of benzene rings is 1. The Morgan fingerprint density at radius 1 is 1.21 bits per heavy atom. The molecule has 3 nitrogen and oxygen atoms in total. The Morgan fingerprint density at radius 2 is 2.00 bits per heavy atom. The molecule has 3 aliphatic rings. The minimum absolute atomic E-state index is 0.903. The first-order valence-corrected chi connectivity index (χ1v) is 7.55. The van der Waals surface area contributed by atoms with Crippen molar-refractivity contribution in [2.24, 2.45) is 11.8 Å². The Morgan fingerprint density at radius 3 is 2.79 bits per heavy atom. The summed E-state index contributed by atoms with van der Waals surface area (Å²) in [5.41, 5.74) is 4.48. The lowest BCUT2D eigenvalue weighted by molar-refractivity contribution is 0.305. The number of fused-ring (bicyclic) bond motifs is 2. The van der Waals surface area contributed by atoms with Crippen LogP contribution < -0.4 is 10.2 Å². The van der Waals surface area contributed by atoms with Crippen LogP contribution in [0.1, 0.15) is 11.1 Å². The van der Waals surface area contributed by atoms with Gasteiger partial charge in [-0.3, -0.25) is 4.90 Å². The maximum Gasteiger partial charge on any atom is 0.0397 e. The Labute approximate surface area is 115 Å². The lowest BCUT2D eigenvalue weighted by Crippen LogP contribution is -2.25. The summed E-state index contributed by atoms with van der Waals surface area (Å²) in [4.78, 5) is 5.02. The summed E-state index contributed by atoms with van der Waals surface area (Å²) in [6.07, 6.45) is 1.22. The average molecular weight is 257 g/mol. The molecule has 2 atom stereocenters. The highest BCUT2D eigenvalue weighted by molar-refractivity contribution is 5.58. The maximum absolute atomic E-state index is 3.52. The fourth-order valence-corrected chi connectivity index (χ4v) is 4.06. The van der Waals surface area contributed by atoms with E-state index in [1.54, 1.807) is 5.56 Å². The van der Waals surface area contributed by atoms with Crippen LogP contribution in [0.5, 0.6) is 0 Å². The van der Waals surface area contributed by atoms with E-state index in [9.17, 15) is 0 Å². The molecule has 0 bridgehead atoms. The van der Waals surface area contributed by atoms with Crippen LogP contribution >= 0.6 is 0 Å². The SMILES string of the molecule is CN1CCc2cc(CN3CC4CNCC4C3)ccc21. The standard InChI is InChI=1S/C16H23N3/c1-18-5-4-13-6-12(2-3-16(13)18)9-19-10-14-7-17-8-15(14)11-19/h2-3,6,14-15,17H,4-5,7-11H2,1H3. The molecule has 0 aromatic heterocycles. The van der Waals surface area contributed by atoms with Crippen molar-refractivity contribution in [3.63, 3.8) is 0 Å². The van der Waals surface area contributed by atoms with Crippen molar-refractivity contribution in [1.82, 2.24) is 10.2 Å². The molecule has 19 heavy (non-hydrogen) atoms. The first-order valence-electron chi connectivity index (χ1n) is 7.55. The van der Waals surface area contributed by atoms with Crippen LogP contribution in [0.2, 0.25) is 0 Å². The number of hydrogen-bond acceptors (Lipinski definition) is 3. The lowest BCUT2D eigenvalue weighted by atomic mass is 10.0. The van der Waals surface area contributed by atoms with Gasteiger partial charge in [0, 0.05) is 38.9 Å². The van der Waals surface area contributed by atoms with Crippen LogP contribution in [0.3, 0.4) is 0 Å². The van der Waals surface area contributed by atoms with Gasteiger partial charge in [-0.25, -0.2) is 0 Å². The van der Waals surface area contributed by atoms with Crippen LogP contribution in [-0.2, 0) is 13.0 Å². The minimum atomic E-state index is 0.903. The van der Waals surface area contributed by atoms with Crippen LogP contribution in [-0.4, -0.2) is 44.7 Å². The van der Waals surface area contributed by atoms with E-state index >= 15 is 0 Å². The molecule has 0 radical (unpaired) electrons. The van der Waals surface area contributed by atoms with Gasteiger partial charge in [-0.2, -0.15) is 0 Å². The molecule has 1 aromatic rings. The van der Waals surface area contributed by atoms with Gasteiger partial charge >= 0.3 is 0 Å². The highest BCUT2D eigenvalue weighted by Crippen LogP contribution is 2.30. The number of anilines is 1. The van der Waals surface area contributed by atoms with E-state index in [0.29, 0.717) is 0 Å². The normalized spacial score (nSPS) is 29.8. The van der Waals surface area contributed by atoms with Crippen molar-refractivity contribution in [3.8, 4) is 0 Å². The Kier molecular flexibility index (Phi) is 2.78. The fourth-order valence-electron chi connectivity index (χ4n) is 4.06. The van der Waals surface area contributed by atoms with Crippen molar-refractivity contribution in [3.05, 3.63) is 29.3 Å². The minimum Gasteiger partial charge on any atom is -0.374 e. The van der Waals surface area contributed by atoms with Crippen molar-refractivity contribution < 1.29 is 0 Å². The summed E-state index contributed by atoms with van der Waals surface area (Å²) < 4.78 is 0. The molecular weight excluding hydrogens is 234 g/mol. The second-order valence-electron chi connectivity index (χ2n) is 6.51. The summed E-state index contributed by atoms with van der Waals surface area (Å²) in [5, 5.41) is 3.52. The zero-order valence-corrected chi connectivity index (χ0v) is 11.7. The molecule has 102 valence electrons. The fraction of sp³-hybridized carbons (Fsp3) is 0.625. The summed E-state index contributed by atoms with van der Waals surface area (Å²) in [6, 6.07) is 7.08. The second-order valence-corrected chi connectivity index (χ2v) is 6.51. The summed E-state index contributed by atoms with van der Waals surface area (Å²) >= 11 is 0. The number of nitrogens with zero attached hydrogens (tertiary/aromatic N) is 2. The van der Waals surface area contributed by atoms with E-state index < -0.39 is 0 Å². The number of likely N-dealkylation sites (tertiary alicyclic amines) is 1. The molecule has 0 spiro atoms. The molecule has 2 fully saturated rings. The molecule has 3 aliphatic heterocycles. The predicted octanol–water partition coefficient (Wildman–Crippen LogP) is 1.33. The molecule has 2 unspecified atom stereocenters. The third-order valence-corrected chi connectivity index (χ3v) is 5.14. The van der Waals surface area contributed by atoms with E-state index in [1.165, 1.54) is 50.4 Å². The Balaban J connectivity index is 1.46. The van der Waals surface area contributed by atoms with Crippen LogP contribution in [0, 0.1) is 11.8 Å². The van der Waals surface area contributed by atoms with Crippen molar-refractivity contribution >= 4 is 5.69 Å². The molecule has 1 aromatic carbocycles. The quantitative estimate of drug-likeness (QED) is 0.862. The van der Waals surface area contributed by atoms with Crippen molar-refractivity contribution in [2.75, 3.05) is 44.7 Å². The molecule has 2 saturated heterocycles. The lowest BCUT2D eigenvalue weighted by Gasteiger charge is -2.18. The number of nitrogens with one attached hydrogen (secondary N) is 1. The van der Waals surface area contributed by atoms with Crippen LogP contribution in [0.25, 0.3) is 0 Å². The largest absolute Gasteiger partial charge is 0.374 e. The first-order chi connectivity index (χ1) is 9.29. The van der Waals surface area contributed by atoms with E-state index in [4.69, 9.17) is 0 Å². The van der Waals surface area contributed by atoms with Gasteiger partial charge in [0.2, 0.25) is 0 Å². The summed E-state index contributed by atoms with van der Waals surface area (Å²) in [6.45, 7) is 7.36. The second kappa shape index (κ2) is 4.50. The van der Waals surface area contributed by atoms with Gasteiger partial charge in [-0.15, -0.1) is 0 Å². The number of rotatable bonds is 2. The van der Waals surface area contributed by atoms with E-state index in [0.717, 1.165) is 18.4 Å². The van der Waals surface area contributed by atoms with Gasteiger partial charge in [0.05, 0.1) is 0 Å². The molecule has 3 heteroatoms. The maximum atomic E-state index is 3.52. The van der Waals surface area contributed by atoms with E-state index in [-0.39, 0.29) is 0 Å². The smallest absolute Gasteiger partial charge is 0.0397 e. The number of likely N-dealkylation sites (N-methyl/N-ethyl adjacent to an activating group) is 1. The zero-order valence-electron chi connectivity index (χ0n) is 11.7. The summed E-state index contributed by atoms with van der Waals surface area (Å²) in [5.74, 6) is 1.81. The van der Waals surface area contributed by atoms with Gasteiger partial charge in [-0.1, -0.05) is 12.1 Å². The monoisotopic (exact) mass is 257 g/mol. The molecule has 0 saturated carbocycles. The van der Waals surface area contributed by atoms with Gasteiger partial charge in [0.1, 0.15) is 0 Å². The Hall–Kier alpha value is -1.06. The van der Waals surface area contributed by atoms with Gasteiger partial charge in [-0.05, 0) is 48.5 Å². The topological polar surface area (TPSA) is 18.5 Å². The molecule has 0 amide bonds. The van der Waals surface area contributed by atoms with Crippen LogP contribution in [0.4, 0.5) is 5.69 Å². The Bertz CT molecular complexity index is 473. The van der Waals surface area contributed by atoms with Gasteiger partial charge in [0.15, 0.2) is 0 Å². The van der Waals surface area contributed by atoms with Gasteiger partial charge in [0.25, 0.3) is 0 Å². The molecular formula is C16H23N3. The summed E-state index contributed by atoms with van der Waals surface area (Å²) in [7, 11) is 2.19. The average Bonchev–Trinajstić information content (AvgIpc) is 3.05. The highest BCUT2D eigenvalue weighted by Gasteiger charge is 2.35. The predicted molar refractivity (Wildman–Crippen MR) is 78.5 cm³/mol. The van der Waals surface area contributed by atoms with Crippen molar-refractivity contribution in [2.45, 2.75) is 13.0 Å². The molecule has 4 rings (SSSR count). The molecule has 3 heterocycles. The first kappa shape index (κ1) is 11.7. The highest BCUT2D eigenvalue weighted by atomic mass is 15.2.